The maximum Gasteiger partial charge on any atom is 0.326 e. The van der Waals surface area contributed by atoms with E-state index in [9.17, 15) is 19.8 Å². The van der Waals surface area contributed by atoms with Crippen LogP contribution in [0.15, 0.2) is 24.3 Å². The number of carbonyl (C=O) groups is 2. The van der Waals surface area contributed by atoms with Crippen molar-refractivity contribution in [1.82, 2.24) is 5.32 Å². The summed E-state index contributed by atoms with van der Waals surface area (Å²) >= 11 is 5.85. The zero-order chi connectivity index (χ0) is 16.0. The summed E-state index contributed by atoms with van der Waals surface area (Å²) in [6, 6.07) is 5.68. The maximum absolute atomic E-state index is 11.8. The number of hydrogen-bond acceptors (Lipinski definition) is 3. The molecule has 0 aliphatic heterocycles. The molecule has 1 aromatic rings. The number of aliphatic hydroxyl groups is 1. The smallest absolute Gasteiger partial charge is 0.326 e. The van der Waals surface area contributed by atoms with Crippen molar-refractivity contribution in [1.29, 1.82) is 0 Å². The van der Waals surface area contributed by atoms with Gasteiger partial charge in [-0.1, -0.05) is 37.6 Å². The van der Waals surface area contributed by atoms with Gasteiger partial charge in [-0.15, -0.1) is 0 Å². The lowest BCUT2D eigenvalue weighted by Gasteiger charge is -2.18. The Kier molecular flexibility index (Phi) is 6.65. The first kappa shape index (κ1) is 17.5. The summed E-state index contributed by atoms with van der Waals surface area (Å²) in [5, 5.41) is 21.8. The van der Waals surface area contributed by atoms with Crippen molar-refractivity contribution >= 4 is 23.5 Å². The molecule has 116 valence electrons. The van der Waals surface area contributed by atoms with Gasteiger partial charge in [0.15, 0.2) is 0 Å². The van der Waals surface area contributed by atoms with Gasteiger partial charge in [-0.05, 0) is 30.0 Å². The van der Waals surface area contributed by atoms with Gasteiger partial charge in [0.1, 0.15) is 12.1 Å². The molecule has 0 heterocycles. The Morgan fingerprint density at radius 1 is 1.33 bits per heavy atom. The maximum atomic E-state index is 11.8. The molecule has 3 N–H and O–H groups in total. The molecule has 1 aromatic carbocycles. The van der Waals surface area contributed by atoms with E-state index in [0.717, 1.165) is 0 Å². The van der Waals surface area contributed by atoms with Gasteiger partial charge in [0.2, 0.25) is 5.91 Å². The van der Waals surface area contributed by atoms with E-state index in [0.29, 0.717) is 10.6 Å². The van der Waals surface area contributed by atoms with Gasteiger partial charge >= 0.3 is 5.97 Å². The molecule has 0 radical (unpaired) electrons. The highest BCUT2D eigenvalue weighted by molar-refractivity contribution is 6.30. The number of amides is 1. The second kappa shape index (κ2) is 8.00. The first-order valence-corrected chi connectivity index (χ1v) is 7.13. The standard InChI is InChI=1S/C15H20ClNO4/c1-9(2)6-13(18)14(19)17-12(15(20)21)8-10-4-3-5-11(16)7-10/h3-5,7,9,12-13,18H,6,8H2,1-2H3,(H,17,19)(H,20,21)/t12-,13+/m0/s1. The molecule has 1 amide bonds. The van der Waals surface area contributed by atoms with Crippen molar-refractivity contribution in [3.63, 3.8) is 0 Å². The zero-order valence-corrected chi connectivity index (χ0v) is 12.8. The normalized spacial score (nSPS) is 13.8. The number of carbonyl (C=O) groups excluding carboxylic acids is 1. The third-order valence-electron chi connectivity index (χ3n) is 2.94. The second-order valence-electron chi connectivity index (χ2n) is 5.38. The van der Waals surface area contributed by atoms with Gasteiger partial charge in [-0.3, -0.25) is 4.79 Å². The monoisotopic (exact) mass is 313 g/mol. The number of carboxylic acid groups (broad SMARTS) is 1. The van der Waals surface area contributed by atoms with E-state index in [1.807, 2.05) is 13.8 Å². The summed E-state index contributed by atoms with van der Waals surface area (Å²) in [5.74, 6) is -1.68. The fourth-order valence-corrected chi connectivity index (χ4v) is 2.13. The van der Waals surface area contributed by atoms with Crippen LogP contribution in [-0.4, -0.2) is 34.2 Å². The van der Waals surface area contributed by atoms with E-state index < -0.39 is 24.0 Å². The van der Waals surface area contributed by atoms with Crippen molar-refractivity contribution in [2.75, 3.05) is 0 Å². The molecular weight excluding hydrogens is 294 g/mol. The van der Waals surface area contributed by atoms with E-state index in [-0.39, 0.29) is 18.8 Å². The predicted molar refractivity (Wildman–Crippen MR) is 80.2 cm³/mol. The number of halogens is 1. The Morgan fingerprint density at radius 3 is 2.52 bits per heavy atom. The fourth-order valence-electron chi connectivity index (χ4n) is 1.92. The van der Waals surface area contributed by atoms with Crippen LogP contribution in [0.4, 0.5) is 0 Å². The molecule has 0 saturated heterocycles. The topological polar surface area (TPSA) is 86.6 Å². The largest absolute Gasteiger partial charge is 0.480 e. The number of carboxylic acids is 1. The van der Waals surface area contributed by atoms with Crippen molar-refractivity contribution in [3.8, 4) is 0 Å². The highest BCUT2D eigenvalue weighted by atomic mass is 35.5. The van der Waals surface area contributed by atoms with Crippen molar-refractivity contribution in [2.45, 2.75) is 38.8 Å². The Morgan fingerprint density at radius 2 is 2.00 bits per heavy atom. The molecule has 2 atom stereocenters. The molecule has 0 aliphatic rings. The van der Waals surface area contributed by atoms with Crippen molar-refractivity contribution in [3.05, 3.63) is 34.9 Å². The summed E-state index contributed by atoms with van der Waals surface area (Å²) in [6.07, 6.45) is -0.808. The SMILES string of the molecule is CC(C)C[C@@H](O)C(=O)N[C@@H](Cc1cccc(Cl)c1)C(=O)O. The van der Waals surface area contributed by atoms with Crippen LogP contribution < -0.4 is 5.32 Å². The minimum atomic E-state index is -1.20. The molecule has 0 aliphatic carbocycles. The van der Waals surface area contributed by atoms with Gasteiger partial charge in [-0.25, -0.2) is 4.79 Å². The van der Waals surface area contributed by atoms with Gasteiger partial charge < -0.3 is 15.5 Å². The lowest BCUT2D eigenvalue weighted by atomic mass is 10.0. The van der Waals surface area contributed by atoms with Crippen LogP contribution in [0.2, 0.25) is 5.02 Å². The van der Waals surface area contributed by atoms with Crippen LogP contribution in [0.25, 0.3) is 0 Å². The first-order chi connectivity index (χ1) is 9.79. The quantitative estimate of drug-likeness (QED) is 0.717. The second-order valence-corrected chi connectivity index (χ2v) is 5.82. The molecule has 0 bridgehead atoms. The summed E-state index contributed by atoms with van der Waals surface area (Å²) in [6.45, 7) is 3.74. The number of aliphatic hydroxyl groups excluding tert-OH is 1. The van der Waals surface area contributed by atoms with E-state index in [1.165, 1.54) is 0 Å². The lowest BCUT2D eigenvalue weighted by Crippen LogP contribution is -2.46. The van der Waals surface area contributed by atoms with Crippen molar-refractivity contribution in [2.24, 2.45) is 5.92 Å². The average Bonchev–Trinajstić information content (AvgIpc) is 2.36. The summed E-state index contributed by atoms with van der Waals surface area (Å²) < 4.78 is 0. The van der Waals surface area contributed by atoms with E-state index >= 15 is 0 Å². The number of aliphatic carboxylic acids is 1. The van der Waals surface area contributed by atoms with Crippen LogP contribution >= 0.6 is 11.6 Å². The summed E-state index contributed by atoms with van der Waals surface area (Å²) in [7, 11) is 0. The van der Waals surface area contributed by atoms with Crippen LogP contribution in [0.1, 0.15) is 25.8 Å². The average molecular weight is 314 g/mol. The highest BCUT2D eigenvalue weighted by Gasteiger charge is 2.24. The number of benzene rings is 1. The summed E-state index contributed by atoms with van der Waals surface area (Å²) in [4.78, 5) is 23.0. The number of nitrogens with one attached hydrogen (secondary N) is 1. The fraction of sp³-hybridized carbons (Fsp3) is 0.467. The van der Waals surface area contributed by atoms with E-state index in [2.05, 4.69) is 5.32 Å². The molecule has 0 fully saturated rings. The Balaban J connectivity index is 2.70. The molecule has 0 unspecified atom stereocenters. The molecule has 0 saturated carbocycles. The van der Waals surface area contributed by atoms with Crippen molar-refractivity contribution < 1.29 is 19.8 Å². The molecule has 1 rings (SSSR count). The summed E-state index contributed by atoms with van der Waals surface area (Å²) in [5.41, 5.74) is 0.702. The lowest BCUT2D eigenvalue weighted by molar-refractivity contribution is -0.143. The van der Waals surface area contributed by atoms with Crippen LogP contribution in [-0.2, 0) is 16.0 Å². The van der Waals surface area contributed by atoms with E-state index in [4.69, 9.17) is 11.6 Å². The number of rotatable bonds is 7. The first-order valence-electron chi connectivity index (χ1n) is 6.75. The van der Waals surface area contributed by atoms with Gasteiger partial charge in [0.05, 0.1) is 0 Å². The molecule has 0 spiro atoms. The molecular formula is C15H20ClNO4. The zero-order valence-electron chi connectivity index (χ0n) is 12.0. The minimum absolute atomic E-state index is 0.107. The van der Waals surface area contributed by atoms with E-state index in [1.54, 1.807) is 24.3 Å². The van der Waals surface area contributed by atoms with Gasteiger partial charge in [-0.2, -0.15) is 0 Å². The third-order valence-corrected chi connectivity index (χ3v) is 3.18. The number of hydrogen-bond donors (Lipinski definition) is 3. The minimum Gasteiger partial charge on any atom is -0.480 e. The third kappa shape index (κ3) is 6.14. The molecule has 5 nitrogen and oxygen atoms in total. The van der Waals surface area contributed by atoms with Crippen LogP contribution in [0, 0.1) is 5.92 Å². The Hall–Kier alpha value is -1.59. The Labute approximate surface area is 128 Å². The van der Waals surface area contributed by atoms with Crippen LogP contribution in [0.3, 0.4) is 0 Å². The van der Waals surface area contributed by atoms with Gasteiger partial charge in [0, 0.05) is 11.4 Å². The highest BCUT2D eigenvalue weighted by Crippen LogP contribution is 2.13. The Bertz CT molecular complexity index is 504. The van der Waals surface area contributed by atoms with Gasteiger partial charge in [0.25, 0.3) is 0 Å². The predicted octanol–water partition coefficient (Wildman–Crippen LogP) is 1.86. The molecule has 21 heavy (non-hydrogen) atoms. The molecule has 6 heteroatoms. The molecule has 0 aromatic heterocycles. The van der Waals surface area contributed by atoms with Crippen LogP contribution in [0.5, 0.6) is 0 Å².